The third-order valence-electron chi connectivity index (χ3n) is 4.26. The maximum Gasteiger partial charge on any atom is 0.294 e. The summed E-state index contributed by atoms with van der Waals surface area (Å²) < 4.78 is 0.882. The standard InChI is InChI=1S/C21H20BrN3O3S/c1-13-4-7-15(8-5-13)23-19(26)12-25-20(27)18(29-21(25)28)11-14-6-9-17(24(2)3)16(22)10-14/h4-11H,12H2,1-3H3,(H,23,26)/b18-11-. The van der Waals surface area contributed by atoms with Crippen LogP contribution in [0, 0.1) is 6.92 Å². The monoisotopic (exact) mass is 473 g/mol. The topological polar surface area (TPSA) is 69.7 Å². The lowest BCUT2D eigenvalue weighted by Crippen LogP contribution is -2.36. The SMILES string of the molecule is Cc1ccc(NC(=O)CN2C(=O)S/C(=C\c3ccc(N(C)C)c(Br)c3)C2=O)cc1. The summed E-state index contributed by atoms with van der Waals surface area (Å²) >= 11 is 4.35. The van der Waals surface area contributed by atoms with Crippen LogP contribution in [0.5, 0.6) is 0 Å². The summed E-state index contributed by atoms with van der Waals surface area (Å²) in [4.78, 5) is 40.4. The molecule has 0 radical (unpaired) electrons. The zero-order valence-electron chi connectivity index (χ0n) is 16.2. The van der Waals surface area contributed by atoms with Gasteiger partial charge in [-0.2, -0.15) is 0 Å². The normalized spacial score (nSPS) is 15.2. The first-order valence-corrected chi connectivity index (χ1v) is 10.4. The van der Waals surface area contributed by atoms with Crippen LogP contribution in [-0.4, -0.2) is 42.6 Å². The van der Waals surface area contributed by atoms with Crippen molar-refractivity contribution >= 4 is 62.2 Å². The van der Waals surface area contributed by atoms with Crippen LogP contribution < -0.4 is 10.2 Å². The molecule has 0 saturated carbocycles. The van der Waals surface area contributed by atoms with Gasteiger partial charge in [0, 0.05) is 24.3 Å². The lowest BCUT2D eigenvalue weighted by molar-refractivity contribution is -0.127. The maximum atomic E-state index is 12.6. The van der Waals surface area contributed by atoms with Gasteiger partial charge in [-0.15, -0.1) is 0 Å². The van der Waals surface area contributed by atoms with Crippen molar-refractivity contribution in [1.82, 2.24) is 4.90 Å². The van der Waals surface area contributed by atoms with Crippen molar-refractivity contribution < 1.29 is 14.4 Å². The van der Waals surface area contributed by atoms with Gasteiger partial charge in [-0.05, 0) is 70.5 Å². The number of benzene rings is 2. The second-order valence-electron chi connectivity index (χ2n) is 6.79. The second kappa shape index (κ2) is 8.84. The maximum absolute atomic E-state index is 12.6. The van der Waals surface area contributed by atoms with Crippen LogP contribution in [0.15, 0.2) is 51.8 Å². The molecule has 2 aromatic carbocycles. The first-order chi connectivity index (χ1) is 13.7. The predicted octanol–water partition coefficient (Wildman–Crippen LogP) is 4.50. The van der Waals surface area contributed by atoms with E-state index in [4.69, 9.17) is 0 Å². The smallest absolute Gasteiger partial charge is 0.294 e. The zero-order valence-corrected chi connectivity index (χ0v) is 18.6. The Kier molecular flexibility index (Phi) is 6.44. The number of rotatable bonds is 5. The highest BCUT2D eigenvalue weighted by Crippen LogP contribution is 2.33. The third-order valence-corrected chi connectivity index (χ3v) is 5.80. The molecule has 3 rings (SSSR count). The molecule has 0 bridgehead atoms. The lowest BCUT2D eigenvalue weighted by Gasteiger charge is -2.14. The van der Waals surface area contributed by atoms with Crippen LogP contribution in [0.3, 0.4) is 0 Å². The Morgan fingerprint density at radius 3 is 2.48 bits per heavy atom. The van der Waals surface area contributed by atoms with E-state index in [1.54, 1.807) is 18.2 Å². The molecule has 3 amide bonds. The number of thioether (sulfide) groups is 1. The summed E-state index contributed by atoms with van der Waals surface area (Å²) in [5.41, 5.74) is 3.48. The van der Waals surface area contributed by atoms with E-state index in [1.807, 2.05) is 56.3 Å². The zero-order chi connectivity index (χ0) is 21.1. The molecule has 0 aromatic heterocycles. The number of halogens is 1. The first-order valence-electron chi connectivity index (χ1n) is 8.83. The lowest BCUT2D eigenvalue weighted by atomic mass is 10.2. The van der Waals surface area contributed by atoms with E-state index in [0.717, 1.165) is 37.9 Å². The van der Waals surface area contributed by atoms with Gasteiger partial charge in [-0.1, -0.05) is 23.8 Å². The number of nitrogens with zero attached hydrogens (tertiary/aromatic N) is 2. The van der Waals surface area contributed by atoms with Crippen molar-refractivity contribution in [3.05, 3.63) is 63.0 Å². The molecule has 1 N–H and O–H groups in total. The van der Waals surface area contributed by atoms with Gasteiger partial charge in [0.05, 0.1) is 10.6 Å². The molecule has 0 unspecified atom stereocenters. The van der Waals surface area contributed by atoms with E-state index in [-0.39, 0.29) is 6.54 Å². The summed E-state index contributed by atoms with van der Waals surface area (Å²) in [6.07, 6.45) is 1.66. The fourth-order valence-electron chi connectivity index (χ4n) is 2.74. The molecule has 6 nitrogen and oxygen atoms in total. The molecule has 1 aliphatic rings. The minimum Gasteiger partial charge on any atom is -0.377 e. The van der Waals surface area contributed by atoms with Crippen molar-refractivity contribution in [2.24, 2.45) is 0 Å². The Balaban J connectivity index is 1.70. The molecule has 1 aliphatic heterocycles. The average molecular weight is 474 g/mol. The number of hydrogen-bond donors (Lipinski definition) is 1. The van der Waals surface area contributed by atoms with Gasteiger partial charge in [-0.3, -0.25) is 19.3 Å². The molecule has 2 aromatic rings. The Morgan fingerprint density at radius 2 is 1.86 bits per heavy atom. The number of imide groups is 1. The quantitative estimate of drug-likeness (QED) is 0.647. The molecule has 0 atom stereocenters. The van der Waals surface area contributed by atoms with E-state index in [9.17, 15) is 14.4 Å². The predicted molar refractivity (Wildman–Crippen MR) is 121 cm³/mol. The van der Waals surface area contributed by atoms with Crippen molar-refractivity contribution in [3.8, 4) is 0 Å². The number of aryl methyl sites for hydroxylation is 1. The average Bonchev–Trinajstić information content (AvgIpc) is 2.91. The number of anilines is 2. The first kappa shape index (κ1) is 21.1. The number of carbonyl (C=O) groups is 3. The molecule has 29 heavy (non-hydrogen) atoms. The van der Waals surface area contributed by atoms with Crippen molar-refractivity contribution in [2.45, 2.75) is 6.92 Å². The van der Waals surface area contributed by atoms with Crippen LogP contribution >= 0.6 is 27.7 Å². The number of amides is 3. The number of hydrogen-bond acceptors (Lipinski definition) is 5. The Bertz CT molecular complexity index is 1000. The molecule has 0 aliphatic carbocycles. The van der Waals surface area contributed by atoms with Gasteiger partial charge in [0.2, 0.25) is 5.91 Å². The molecule has 150 valence electrons. The number of carbonyl (C=O) groups excluding carboxylic acids is 3. The number of nitrogens with one attached hydrogen (secondary N) is 1. The van der Waals surface area contributed by atoms with E-state index in [1.165, 1.54) is 0 Å². The van der Waals surface area contributed by atoms with E-state index in [2.05, 4.69) is 21.2 Å². The summed E-state index contributed by atoms with van der Waals surface area (Å²) in [5, 5.41) is 2.25. The van der Waals surface area contributed by atoms with Gasteiger partial charge in [0.15, 0.2) is 0 Å². The van der Waals surface area contributed by atoms with Crippen LogP contribution in [-0.2, 0) is 9.59 Å². The van der Waals surface area contributed by atoms with Crippen LogP contribution in [0.4, 0.5) is 16.2 Å². The minimum absolute atomic E-state index is 0.294. The van der Waals surface area contributed by atoms with Gasteiger partial charge in [0.1, 0.15) is 6.54 Å². The highest BCUT2D eigenvalue weighted by molar-refractivity contribution is 9.10. The highest BCUT2D eigenvalue weighted by atomic mass is 79.9. The van der Waals surface area contributed by atoms with Crippen molar-refractivity contribution in [3.63, 3.8) is 0 Å². The van der Waals surface area contributed by atoms with Gasteiger partial charge >= 0.3 is 0 Å². The molecule has 1 fully saturated rings. The Morgan fingerprint density at radius 1 is 1.17 bits per heavy atom. The molecule has 1 heterocycles. The fourth-order valence-corrected chi connectivity index (χ4v) is 4.33. The van der Waals surface area contributed by atoms with E-state index >= 15 is 0 Å². The Labute approximate surface area is 182 Å². The largest absolute Gasteiger partial charge is 0.377 e. The minimum atomic E-state index is -0.466. The highest BCUT2D eigenvalue weighted by Gasteiger charge is 2.36. The van der Waals surface area contributed by atoms with Gasteiger partial charge < -0.3 is 10.2 Å². The summed E-state index contributed by atoms with van der Waals surface area (Å²) in [5.74, 6) is -0.887. The van der Waals surface area contributed by atoms with Gasteiger partial charge in [0.25, 0.3) is 11.1 Å². The molecule has 0 spiro atoms. The van der Waals surface area contributed by atoms with Crippen LogP contribution in [0.2, 0.25) is 0 Å². The van der Waals surface area contributed by atoms with Gasteiger partial charge in [-0.25, -0.2) is 0 Å². The van der Waals surface area contributed by atoms with Crippen LogP contribution in [0.25, 0.3) is 6.08 Å². The van der Waals surface area contributed by atoms with E-state index in [0.29, 0.717) is 10.6 Å². The van der Waals surface area contributed by atoms with Crippen molar-refractivity contribution in [2.75, 3.05) is 30.9 Å². The van der Waals surface area contributed by atoms with Crippen molar-refractivity contribution in [1.29, 1.82) is 0 Å². The molecular formula is C21H20BrN3O3S. The molecule has 1 saturated heterocycles. The Hall–Kier alpha value is -2.58. The molecular weight excluding hydrogens is 454 g/mol. The summed E-state index contributed by atoms with van der Waals surface area (Å²) in [6.45, 7) is 1.63. The van der Waals surface area contributed by atoms with Crippen LogP contribution in [0.1, 0.15) is 11.1 Å². The summed E-state index contributed by atoms with van der Waals surface area (Å²) in [7, 11) is 3.87. The second-order valence-corrected chi connectivity index (χ2v) is 8.63. The molecule has 8 heteroatoms. The van der Waals surface area contributed by atoms with E-state index < -0.39 is 17.1 Å². The fraction of sp³-hybridized carbons (Fsp3) is 0.190. The summed E-state index contributed by atoms with van der Waals surface area (Å²) in [6, 6.07) is 13.0. The third kappa shape index (κ3) is 5.07.